The molecule has 2 atom stereocenters. The summed E-state index contributed by atoms with van der Waals surface area (Å²) in [6.45, 7) is 4.34. The molecular weight excluding hydrogens is 865 g/mol. The van der Waals surface area contributed by atoms with E-state index in [4.69, 9.17) is 37.9 Å². The van der Waals surface area contributed by atoms with Crippen LogP contribution in [0.15, 0.2) is 60.7 Å². The number of fused-ring (bicyclic) bond motifs is 2. The molecule has 370 valence electrons. The van der Waals surface area contributed by atoms with E-state index in [1.165, 1.54) is 22.3 Å². The highest BCUT2D eigenvalue weighted by Gasteiger charge is 2.32. The van der Waals surface area contributed by atoms with Crippen LogP contribution in [0.2, 0.25) is 0 Å². The van der Waals surface area contributed by atoms with Gasteiger partial charge in [-0.2, -0.15) is 0 Å². The van der Waals surface area contributed by atoms with Crippen LogP contribution in [-0.2, 0) is 35.3 Å². The van der Waals surface area contributed by atoms with Gasteiger partial charge >= 0.3 is 0 Å². The monoisotopic (exact) mass is 939 g/mol. The summed E-state index contributed by atoms with van der Waals surface area (Å²) in [5.74, 6) is 5.87. The molecule has 0 N–H and O–H groups in total. The fourth-order valence-corrected chi connectivity index (χ4v) is 9.80. The predicted octanol–water partition coefficient (Wildman–Crippen LogP) is 8.00. The molecule has 2 heterocycles. The number of benzene rings is 4. The number of carbonyl (C=O) groups excluding carboxylic acids is 2. The van der Waals surface area contributed by atoms with Crippen LogP contribution in [0.4, 0.5) is 0 Å². The zero-order chi connectivity index (χ0) is 48.7. The molecule has 4 aromatic rings. The first kappa shape index (κ1) is 51.5. The van der Waals surface area contributed by atoms with Crippen molar-refractivity contribution in [3.63, 3.8) is 0 Å². The number of carbonyl (C=O) groups is 2. The second kappa shape index (κ2) is 25.0. The van der Waals surface area contributed by atoms with Crippen molar-refractivity contribution >= 4 is 11.8 Å². The number of rotatable bonds is 25. The molecule has 0 radical (unpaired) electrons. The van der Waals surface area contributed by atoms with Gasteiger partial charge in [-0.1, -0.05) is 25.0 Å². The smallest absolute Gasteiger partial charge is 0.223 e. The fourth-order valence-electron chi connectivity index (χ4n) is 9.80. The van der Waals surface area contributed by atoms with Crippen molar-refractivity contribution in [3.8, 4) is 46.0 Å². The third-order valence-electron chi connectivity index (χ3n) is 13.8. The Morgan fingerprint density at radius 2 is 0.809 bits per heavy atom. The van der Waals surface area contributed by atoms with Crippen LogP contribution in [-0.4, -0.2) is 142 Å². The largest absolute Gasteiger partial charge is 0.493 e. The van der Waals surface area contributed by atoms with Crippen molar-refractivity contribution in [1.82, 2.24) is 19.6 Å². The maximum atomic E-state index is 13.5. The van der Waals surface area contributed by atoms with Gasteiger partial charge in [-0.25, -0.2) is 0 Å². The van der Waals surface area contributed by atoms with E-state index in [9.17, 15) is 9.59 Å². The molecule has 6 rings (SSSR count). The van der Waals surface area contributed by atoms with Crippen molar-refractivity contribution in [2.24, 2.45) is 0 Å². The maximum absolute atomic E-state index is 13.5. The van der Waals surface area contributed by atoms with Crippen LogP contribution < -0.4 is 37.9 Å². The van der Waals surface area contributed by atoms with E-state index in [0.29, 0.717) is 73.5 Å². The lowest BCUT2D eigenvalue weighted by Crippen LogP contribution is -2.39. The lowest BCUT2D eigenvalue weighted by Gasteiger charge is -2.38. The molecular formula is C54H74N4O10. The van der Waals surface area contributed by atoms with Gasteiger partial charge in [0.25, 0.3) is 0 Å². The van der Waals surface area contributed by atoms with Gasteiger partial charge in [0, 0.05) is 78.3 Å². The highest BCUT2D eigenvalue weighted by atomic mass is 16.5. The summed E-state index contributed by atoms with van der Waals surface area (Å²) >= 11 is 0. The van der Waals surface area contributed by atoms with Crippen molar-refractivity contribution in [2.45, 2.75) is 76.3 Å². The fraction of sp³-hybridized carbons (Fsp3) is 0.519. The molecule has 2 aliphatic rings. The Kier molecular flexibility index (Phi) is 18.9. The van der Waals surface area contributed by atoms with Crippen LogP contribution in [0.1, 0.15) is 84.0 Å². The molecule has 0 aromatic heterocycles. The molecule has 2 aliphatic heterocycles. The first-order valence-corrected chi connectivity index (χ1v) is 23.9. The predicted molar refractivity (Wildman–Crippen MR) is 265 cm³/mol. The Balaban J connectivity index is 0.968. The van der Waals surface area contributed by atoms with E-state index >= 15 is 0 Å². The van der Waals surface area contributed by atoms with E-state index in [-0.39, 0.29) is 23.9 Å². The highest BCUT2D eigenvalue weighted by molar-refractivity contribution is 5.76. The number of hydrogen-bond donors (Lipinski definition) is 0. The minimum Gasteiger partial charge on any atom is -0.493 e. The Morgan fingerprint density at radius 1 is 0.471 bits per heavy atom. The molecule has 14 nitrogen and oxygen atoms in total. The lowest BCUT2D eigenvalue weighted by atomic mass is 9.88. The van der Waals surface area contributed by atoms with Crippen LogP contribution in [0.3, 0.4) is 0 Å². The van der Waals surface area contributed by atoms with Gasteiger partial charge in [-0.3, -0.25) is 19.4 Å². The third kappa shape index (κ3) is 12.6. The highest BCUT2D eigenvalue weighted by Crippen LogP contribution is 2.42. The Hall–Kier alpha value is -5.86. The summed E-state index contributed by atoms with van der Waals surface area (Å²) in [7, 11) is 17.1. The first-order valence-electron chi connectivity index (χ1n) is 23.9. The minimum atomic E-state index is 0.0313. The Bertz CT molecular complexity index is 2150. The van der Waals surface area contributed by atoms with E-state index in [2.05, 4.69) is 46.2 Å². The standard InChI is InChI=1S/C54H74N4O10/c1-55(53(59)21-27-57-25-19-39-33-49(65-7)51(67-9)35-41(39)43(57)29-37-15-17-45(61-3)47(31-37)63-5)23-13-11-12-14-24-56(2)54(60)22-28-58-26-20-40-34-50(66-8)52(68-10)36-42(40)44(58)30-38-16-18-46(62-4)48(32-38)64-6/h15-18,31-36,43-44H,11-14,19-30H2,1-10H3. The van der Waals surface area contributed by atoms with E-state index in [1.807, 2.05) is 48.2 Å². The van der Waals surface area contributed by atoms with E-state index in [1.54, 1.807) is 56.9 Å². The maximum Gasteiger partial charge on any atom is 0.223 e. The number of hydrogen-bond acceptors (Lipinski definition) is 12. The Morgan fingerprint density at radius 3 is 1.16 bits per heavy atom. The molecule has 2 amide bonds. The van der Waals surface area contributed by atoms with Gasteiger partial charge < -0.3 is 47.7 Å². The minimum absolute atomic E-state index is 0.0313. The quantitative estimate of drug-likeness (QED) is 0.0599. The van der Waals surface area contributed by atoms with E-state index in [0.717, 1.165) is 87.1 Å². The Labute approximate surface area is 404 Å². The summed E-state index contributed by atoms with van der Waals surface area (Å²) < 4.78 is 45.0. The van der Waals surface area contributed by atoms with Gasteiger partial charge in [0.15, 0.2) is 46.0 Å². The molecule has 68 heavy (non-hydrogen) atoms. The summed E-state index contributed by atoms with van der Waals surface area (Å²) in [5.41, 5.74) is 7.06. The molecule has 0 fully saturated rings. The molecule has 0 saturated heterocycles. The van der Waals surface area contributed by atoms with Crippen molar-refractivity contribution in [3.05, 3.63) is 94.0 Å². The van der Waals surface area contributed by atoms with Gasteiger partial charge in [-0.05, 0) is 120 Å². The molecule has 2 unspecified atom stereocenters. The topological polar surface area (TPSA) is 121 Å². The molecule has 0 bridgehead atoms. The van der Waals surface area contributed by atoms with Crippen LogP contribution in [0.25, 0.3) is 0 Å². The third-order valence-corrected chi connectivity index (χ3v) is 13.8. The van der Waals surface area contributed by atoms with Crippen LogP contribution >= 0.6 is 0 Å². The molecule has 0 aliphatic carbocycles. The van der Waals surface area contributed by atoms with Crippen molar-refractivity contribution in [1.29, 1.82) is 0 Å². The second-order valence-corrected chi connectivity index (χ2v) is 17.7. The number of nitrogens with zero attached hydrogens (tertiary/aromatic N) is 4. The molecule has 14 heteroatoms. The molecule has 4 aromatic carbocycles. The SMILES string of the molecule is COc1ccc(CC2c3cc(OC)c(OC)cc3CCN2CCC(=O)N(C)CCCCCCN(C)C(=O)CCN2CCc3cc(OC)c(OC)cc3C2Cc2ccc(OC)c(OC)c2)cc1OC. The van der Waals surface area contributed by atoms with Gasteiger partial charge in [0.1, 0.15) is 0 Å². The summed E-state index contributed by atoms with van der Waals surface area (Å²) in [5, 5.41) is 0. The number of methoxy groups -OCH3 is 8. The average molecular weight is 939 g/mol. The number of amides is 2. The zero-order valence-electron chi connectivity index (χ0n) is 42.1. The summed E-state index contributed by atoms with van der Waals surface area (Å²) in [6.07, 6.45) is 7.82. The van der Waals surface area contributed by atoms with Crippen LogP contribution in [0.5, 0.6) is 46.0 Å². The van der Waals surface area contributed by atoms with E-state index < -0.39 is 0 Å². The normalized spacial score (nSPS) is 15.7. The zero-order valence-corrected chi connectivity index (χ0v) is 42.1. The summed E-state index contributed by atoms with van der Waals surface area (Å²) in [4.78, 5) is 35.7. The molecule has 0 spiro atoms. The number of ether oxygens (including phenoxy) is 8. The average Bonchev–Trinajstić information content (AvgIpc) is 3.37. The first-order chi connectivity index (χ1) is 33.0. The van der Waals surface area contributed by atoms with Crippen LogP contribution in [0, 0.1) is 0 Å². The molecule has 0 saturated carbocycles. The lowest BCUT2D eigenvalue weighted by molar-refractivity contribution is -0.131. The van der Waals surface area contributed by atoms with Gasteiger partial charge in [-0.15, -0.1) is 0 Å². The summed E-state index contributed by atoms with van der Waals surface area (Å²) in [6, 6.07) is 20.5. The van der Waals surface area contributed by atoms with Crippen molar-refractivity contribution < 1.29 is 47.5 Å². The van der Waals surface area contributed by atoms with Crippen molar-refractivity contribution in [2.75, 3.05) is 110 Å². The number of unbranched alkanes of at least 4 members (excludes halogenated alkanes) is 3. The van der Waals surface area contributed by atoms with Gasteiger partial charge in [0.2, 0.25) is 11.8 Å². The van der Waals surface area contributed by atoms with Gasteiger partial charge in [0.05, 0.1) is 56.9 Å². The second-order valence-electron chi connectivity index (χ2n) is 17.7.